The van der Waals surface area contributed by atoms with Crippen molar-refractivity contribution in [3.05, 3.63) is 77.9 Å². The Morgan fingerprint density at radius 2 is 1.82 bits per heavy atom. The number of aryl methyl sites for hydroxylation is 1. The molecule has 0 unspecified atom stereocenters. The van der Waals surface area contributed by atoms with Crippen LogP contribution in [0.2, 0.25) is 0 Å². The molecule has 1 N–H and O–H groups in total. The van der Waals surface area contributed by atoms with Crippen LogP contribution in [-0.4, -0.2) is 29.1 Å². The van der Waals surface area contributed by atoms with E-state index in [1.54, 1.807) is 6.20 Å². The summed E-state index contributed by atoms with van der Waals surface area (Å²) in [7, 11) is 2.08. The normalized spacial score (nSPS) is 10.7. The summed E-state index contributed by atoms with van der Waals surface area (Å²) in [6.07, 6.45) is 6.10. The predicted molar refractivity (Wildman–Crippen MR) is 115 cm³/mol. The Bertz CT molecular complexity index is 897. The first-order valence-electron chi connectivity index (χ1n) is 9.76. The van der Waals surface area contributed by atoms with E-state index >= 15 is 0 Å². The number of hydrogen-bond acceptors (Lipinski definition) is 3. The summed E-state index contributed by atoms with van der Waals surface area (Å²) in [6.45, 7) is 5.97. The number of aromatic nitrogens is 2. The third-order valence-electron chi connectivity index (χ3n) is 4.91. The number of nitrogens with one attached hydrogen (secondary N) is 1. The molecule has 1 heterocycles. The van der Waals surface area contributed by atoms with E-state index in [4.69, 9.17) is 0 Å². The van der Waals surface area contributed by atoms with Gasteiger partial charge in [0.2, 0.25) is 0 Å². The number of rotatable bonds is 8. The van der Waals surface area contributed by atoms with Gasteiger partial charge in [0.05, 0.1) is 0 Å². The van der Waals surface area contributed by atoms with Crippen molar-refractivity contribution < 1.29 is 4.79 Å². The molecule has 146 valence electrons. The Morgan fingerprint density at radius 3 is 2.43 bits per heavy atom. The van der Waals surface area contributed by atoms with Crippen LogP contribution in [0, 0.1) is 6.92 Å². The van der Waals surface area contributed by atoms with E-state index in [9.17, 15) is 4.79 Å². The highest BCUT2D eigenvalue weighted by atomic mass is 16.1. The standard InChI is InChI=1S/C23H28N4O/c1-4-5-15-26(3)22-12-8-20(9-13-22)23(28)25-21-10-6-19(7-11-21)17-27-16-14-24-18(27)2/h6-14,16H,4-5,15,17H2,1-3H3,(H,25,28). The van der Waals surface area contributed by atoms with Crippen molar-refractivity contribution in [3.8, 4) is 0 Å². The molecule has 0 spiro atoms. The van der Waals surface area contributed by atoms with Gasteiger partial charge in [0.15, 0.2) is 0 Å². The minimum Gasteiger partial charge on any atom is -0.375 e. The molecule has 1 amide bonds. The predicted octanol–water partition coefficient (Wildman–Crippen LogP) is 4.73. The number of amides is 1. The van der Waals surface area contributed by atoms with E-state index < -0.39 is 0 Å². The minimum atomic E-state index is -0.0963. The number of imidazole rings is 1. The summed E-state index contributed by atoms with van der Waals surface area (Å²) in [6, 6.07) is 15.7. The lowest BCUT2D eigenvalue weighted by Gasteiger charge is -2.19. The van der Waals surface area contributed by atoms with Gasteiger partial charge in [0, 0.05) is 49.5 Å². The molecule has 0 bridgehead atoms. The maximum absolute atomic E-state index is 12.5. The Kier molecular flexibility index (Phi) is 6.48. The van der Waals surface area contributed by atoms with Gasteiger partial charge in [0.25, 0.3) is 5.91 Å². The lowest BCUT2D eigenvalue weighted by molar-refractivity contribution is 0.102. The molecule has 0 saturated carbocycles. The van der Waals surface area contributed by atoms with E-state index in [1.165, 1.54) is 12.0 Å². The summed E-state index contributed by atoms with van der Waals surface area (Å²) in [5.74, 6) is 0.891. The zero-order valence-electron chi connectivity index (χ0n) is 16.9. The van der Waals surface area contributed by atoms with E-state index in [0.29, 0.717) is 5.56 Å². The first kappa shape index (κ1) is 19.7. The van der Waals surface area contributed by atoms with Crippen LogP contribution >= 0.6 is 0 Å². The van der Waals surface area contributed by atoms with Crippen LogP contribution in [0.5, 0.6) is 0 Å². The second-order valence-corrected chi connectivity index (χ2v) is 7.08. The molecule has 28 heavy (non-hydrogen) atoms. The number of benzene rings is 2. The zero-order chi connectivity index (χ0) is 19.9. The minimum absolute atomic E-state index is 0.0963. The zero-order valence-corrected chi connectivity index (χ0v) is 16.9. The largest absolute Gasteiger partial charge is 0.375 e. The van der Waals surface area contributed by atoms with Crippen LogP contribution in [-0.2, 0) is 6.54 Å². The molecule has 0 aliphatic carbocycles. The van der Waals surface area contributed by atoms with Crippen LogP contribution in [0.3, 0.4) is 0 Å². The van der Waals surface area contributed by atoms with Crippen LogP contribution < -0.4 is 10.2 Å². The topological polar surface area (TPSA) is 50.2 Å². The molecule has 0 saturated heterocycles. The van der Waals surface area contributed by atoms with Gasteiger partial charge in [-0.3, -0.25) is 4.79 Å². The Labute approximate surface area is 167 Å². The molecule has 0 aliphatic heterocycles. The van der Waals surface area contributed by atoms with Gasteiger partial charge < -0.3 is 14.8 Å². The van der Waals surface area contributed by atoms with Crippen LogP contribution in [0.1, 0.15) is 41.5 Å². The first-order valence-corrected chi connectivity index (χ1v) is 9.76. The third kappa shape index (κ3) is 5.00. The molecular weight excluding hydrogens is 348 g/mol. The molecule has 0 aliphatic rings. The third-order valence-corrected chi connectivity index (χ3v) is 4.91. The van der Waals surface area contributed by atoms with Gasteiger partial charge in [-0.2, -0.15) is 0 Å². The monoisotopic (exact) mass is 376 g/mol. The summed E-state index contributed by atoms with van der Waals surface area (Å²) < 4.78 is 2.09. The number of unbranched alkanes of at least 4 members (excludes halogenated alkanes) is 1. The number of carbonyl (C=O) groups is 1. The lowest BCUT2D eigenvalue weighted by atomic mass is 10.1. The van der Waals surface area contributed by atoms with Crippen molar-refractivity contribution in [2.75, 3.05) is 23.8 Å². The van der Waals surface area contributed by atoms with E-state index in [1.807, 2.05) is 61.7 Å². The second-order valence-electron chi connectivity index (χ2n) is 7.08. The van der Waals surface area contributed by atoms with E-state index in [2.05, 4.69) is 33.7 Å². The van der Waals surface area contributed by atoms with Crippen molar-refractivity contribution in [1.82, 2.24) is 9.55 Å². The van der Waals surface area contributed by atoms with Gasteiger partial charge >= 0.3 is 0 Å². The van der Waals surface area contributed by atoms with Crippen LogP contribution in [0.4, 0.5) is 11.4 Å². The van der Waals surface area contributed by atoms with Gasteiger partial charge in [-0.25, -0.2) is 4.98 Å². The number of nitrogens with zero attached hydrogens (tertiary/aromatic N) is 3. The van der Waals surface area contributed by atoms with Crippen LogP contribution in [0.25, 0.3) is 0 Å². The molecule has 5 nitrogen and oxygen atoms in total. The van der Waals surface area contributed by atoms with Crippen molar-refractivity contribution in [2.45, 2.75) is 33.2 Å². The molecule has 0 fully saturated rings. The highest BCUT2D eigenvalue weighted by molar-refractivity contribution is 6.04. The maximum Gasteiger partial charge on any atom is 0.255 e. The fourth-order valence-corrected chi connectivity index (χ4v) is 3.06. The van der Waals surface area contributed by atoms with Crippen molar-refractivity contribution in [1.29, 1.82) is 0 Å². The molecule has 3 aromatic rings. The molecule has 5 heteroatoms. The fraction of sp³-hybridized carbons (Fsp3) is 0.304. The van der Waals surface area contributed by atoms with E-state index in [0.717, 1.165) is 36.7 Å². The van der Waals surface area contributed by atoms with Gasteiger partial charge in [-0.1, -0.05) is 25.5 Å². The maximum atomic E-state index is 12.5. The van der Waals surface area contributed by atoms with E-state index in [-0.39, 0.29) is 5.91 Å². The average Bonchev–Trinajstić information content (AvgIpc) is 3.12. The molecule has 0 atom stereocenters. The van der Waals surface area contributed by atoms with Gasteiger partial charge in [-0.05, 0) is 55.3 Å². The highest BCUT2D eigenvalue weighted by Gasteiger charge is 2.08. The average molecular weight is 377 g/mol. The first-order chi connectivity index (χ1) is 13.6. The Hall–Kier alpha value is -3.08. The fourth-order valence-electron chi connectivity index (χ4n) is 3.06. The molecule has 0 radical (unpaired) electrons. The lowest BCUT2D eigenvalue weighted by Crippen LogP contribution is -2.18. The quantitative estimate of drug-likeness (QED) is 0.618. The molecule has 2 aromatic carbocycles. The summed E-state index contributed by atoms with van der Waals surface area (Å²) in [4.78, 5) is 19.0. The van der Waals surface area contributed by atoms with Crippen molar-refractivity contribution in [2.24, 2.45) is 0 Å². The van der Waals surface area contributed by atoms with Crippen LogP contribution in [0.15, 0.2) is 60.9 Å². The number of anilines is 2. The number of carbonyl (C=O) groups excluding carboxylic acids is 1. The Morgan fingerprint density at radius 1 is 1.11 bits per heavy atom. The van der Waals surface area contributed by atoms with Gasteiger partial charge in [-0.15, -0.1) is 0 Å². The summed E-state index contributed by atoms with van der Waals surface area (Å²) in [5.41, 5.74) is 3.74. The smallest absolute Gasteiger partial charge is 0.255 e. The van der Waals surface area contributed by atoms with Gasteiger partial charge in [0.1, 0.15) is 5.82 Å². The summed E-state index contributed by atoms with van der Waals surface area (Å²) >= 11 is 0. The Balaban J connectivity index is 1.59. The molecule has 3 rings (SSSR count). The van der Waals surface area contributed by atoms with Crippen molar-refractivity contribution in [3.63, 3.8) is 0 Å². The van der Waals surface area contributed by atoms with Crippen molar-refractivity contribution >= 4 is 17.3 Å². The summed E-state index contributed by atoms with van der Waals surface area (Å²) in [5, 5.41) is 2.97. The highest BCUT2D eigenvalue weighted by Crippen LogP contribution is 2.17. The number of hydrogen-bond donors (Lipinski definition) is 1. The molecular formula is C23H28N4O. The molecule has 1 aromatic heterocycles. The SMILES string of the molecule is CCCCN(C)c1ccc(C(=O)Nc2ccc(Cn3ccnc3C)cc2)cc1. The second kappa shape index (κ2) is 9.22.